The summed E-state index contributed by atoms with van der Waals surface area (Å²) >= 11 is 0. The number of amides is 3. The molecule has 1 aliphatic heterocycles. The van der Waals surface area contributed by atoms with Gasteiger partial charge in [-0.2, -0.15) is 0 Å². The van der Waals surface area contributed by atoms with Crippen LogP contribution in [-0.4, -0.2) is 78.7 Å². The molecule has 196 valence electrons. The summed E-state index contributed by atoms with van der Waals surface area (Å²) in [5.41, 5.74) is 2.90. The van der Waals surface area contributed by atoms with E-state index < -0.39 is 12.2 Å². The quantitative estimate of drug-likeness (QED) is 0.247. The van der Waals surface area contributed by atoms with E-state index in [2.05, 4.69) is 45.5 Å². The lowest BCUT2D eigenvalue weighted by atomic mass is 10.0. The Bertz CT molecular complexity index is 946. The van der Waals surface area contributed by atoms with E-state index in [9.17, 15) is 14.7 Å². The first kappa shape index (κ1) is 27.1. The highest BCUT2D eigenvalue weighted by Crippen LogP contribution is 2.18. The molecule has 1 aliphatic rings. The summed E-state index contributed by atoms with van der Waals surface area (Å²) in [4.78, 5) is 24.0. The van der Waals surface area contributed by atoms with Crippen molar-refractivity contribution in [3.63, 3.8) is 0 Å². The predicted octanol–water partition coefficient (Wildman–Crippen LogP) is 2.95. The summed E-state index contributed by atoms with van der Waals surface area (Å²) in [6.07, 6.45) is 0.974. The number of benzene rings is 2. The third-order valence-corrected chi connectivity index (χ3v) is 5.95. The third kappa shape index (κ3) is 9.27. The molecule has 10 heteroatoms. The lowest BCUT2D eigenvalue weighted by Crippen LogP contribution is -2.41. The van der Waals surface area contributed by atoms with E-state index in [4.69, 9.17) is 9.84 Å². The van der Waals surface area contributed by atoms with Crippen molar-refractivity contribution in [2.24, 2.45) is 0 Å². The van der Waals surface area contributed by atoms with E-state index >= 15 is 0 Å². The monoisotopic (exact) mass is 499 g/mol. The Morgan fingerprint density at radius 3 is 2.36 bits per heavy atom. The minimum Gasteiger partial charge on any atom is -0.491 e. The summed E-state index contributed by atoms with van der Waals surface area (Å²) < 4.78 is 5.63. The molecule has 0 saturated carbocycles. The zero-order valence-electron chi connectivity index (χ0n) is 20.7. The topological polar surface area (TPSA) is 135 Å². The molecule has 2 aromatic carbocycles. The van der Waals surface area contributed by atoms with Crippen molar-refractivity contribution in [2.75, 3.05) is 50.0 Å². The van der Waals surface area contributed by atoms with Gasteiger partial charge in [0.25, 0.3) is 0 Å². The molecule has 1 saturated heterocycles. The molecule has 6 N–H and O–H groups in total. The van der Waals surface area contributed by atoms with Crippen molar-refractivity contribution in [1.82, 2.24) is 15.5 Å². The van der Waals surface area contributed by atoms with Gasteiger partial charge in [-0.1, -0.05) is 12.1 Å². The lowest BCUT2D eigenvalue weighted by Gasteiger charge is -2.31. The molecule has 0 spiro atoms. The number of likely N-dealkylation sites (tertiary alicyclic amines) is 1. The second-order valence-corrected chi connectivity index (χ2v) is 8.81. The Balaban J connectivity index is 1.28. The van der Waals surface area contributed by atoms with Crippen LogP contribution in [-0.2, 0) is 6.42 Å². The highest BCUT2D eigenvalue weighted by Gasteiger charge is 2.21. The number of aliphatic hydroxyl groups is 1. The molecule has 1 heterocycles. The van der Waals surface area contributed by atoms with Gasteiger partial charge in [-0.25, -0.2) is 9.59 Å². The maximum atomic E-state index is 11.5. The van der Waals surface area contributed by atoms with Crippen molar-refractivity contribution < 1.29 is 24.5 Å². The third-order valence-electron chi connectivity index (χ3n) is 5.95. The minimum absolute atomic E-state index is 0.169. The van der Waals surface area contributed by atoms with Gasteiger partial charge in [0, 0.05) is 43.6 Å². The first-order valence-corrected chi connectivity index (χ1v) is 12.4. The van der Waals surface area contributed by atoms with Crippen LogP contribution in [0.25, 0.3) is 0 Å². The van der Waals surface area contributed by atoms with E-state index in [1.807, 2.05) is 6.92 Å². The Morgan fingerprint density at radius 1 is 1.06 bits per heavy atom. The minimum atomic E-state index is -0.843. The molecule has 0 aromatic heterocycles. The number of nitrogens with one attached hydrogen (secondary N) is 4. The summed E-state index contributed by atoms with van der Waals surface area (Å²) in [5, 5.41) is 31.4. The van der Waals surface area contributed by atoms with Crippen molar-refractivity contribution in [3.05, 3.63) is 54.1 Å². The van der Waals surface area contributed by atoms with E-state index in [1.54, 1.807) is 24.3 Å². The van der Waals surface area contributed by atoms with E-state index in [-0.39, 0.29) is 12.6 Å². The Morgan fingerprint density at radius 2 is 1.72 bits per heavy atom. The van der Waals surface area contributed by atoms with Crippen LogP contribution < -0.4 is 26.0 Å². The number of hydrogen-bond acceptors (Lipinski definition) is 6. The highest BCUT2D eigenvalue weighted by atomic mass is 16.5. The molecule has 36 heavy (non-hydrogen) atoms. The lowest BCUT2D eigenvalue weighted by molar-refractivity contribution is 0.106. The molecule has 2 aromatic rings. The number of carboxylic acid groups (broad SMARTS) is 1. The van der Waals surface area contributed by atoms with E-state index in [1.165, 1.54) is 10.5 Å². The second kappa shape index (κ2) is 14.2. The molecular formula is C26H37N5O5. The van der Waals surface area contributed by atoms with Gasteiger partial charge < -0.3 is 41.1 Å². The average Bonchev–Trinajstić information content (AvgIpc) is 2.87. The van der Waals surface area contributed by atoms with Crippen molar-refractivity contribution in [1.29, 1.82) is 0 Å². The Hall–Kier alpha value is -3.50. The van der Waals surface area contributed by atoms with Crippen LogP contribution >= 0.6 is 0 Å². The van der Waals surface area contributed by atoms with Gasteiger partial charge in [0.1, 0.15) is 18.5 Å². The summed E-state index contributed by atoms with van der Waals surface area (Å²) in [6.45, 7) is 4.87. The van der Waals surface area contributed by atoms with E-state index in [0.29, 0.717) is 43.7 Å². The Kier molecular flexibility index (Phi) is 10.7. The van der Waals surface area contributed by atoms with Gasteiger partial charge in [-0.15, -0.1) is 0 Å². The molecule has 3 rings (SSSR count). The Labute approximate surface area is 212 Å². The fourth-order valence-corrected chi connectivity index (χ4v) is 3.94. The van der Waals surface area contributed by atoms with Crippen LogP contribution in [0.3, 0.4) is 0 Å². The van der Waals surface area contributed by atoms with Gasteiger partial charge in [0.05, 0.1) is 0 Å². The first-order chi connectivity index (χ1) is 17.4. The van der Waals surface area contributed by atoms with Gasteiger partial charge in [-0.3, -0.25) is 0 Å². The van der Waals surface area contributed by atoms with Crippen LogP contribution in [0.5, 0.6) is 5.75 Å². The molecule has 0 unspecified atom stereocenters. The van der Waals surface area contributed by atoms with Crippen LogP contribution in [0.15, 0.2) is 48.5 Å². The van der Waals surface area contributed by atoms with Crippen molar-refractivity contribution in [2.45, 2.75) is 38.3 Å². The number of anilines is 2. The first-order valence-electron chi connectivity index (χ1n) is 12.4. The standard InChI is InChI=1S/C26H37N5O5/c1-2-28-25(33)30-21-7-9-24(10-8-21)36-18-23(32)17-27-14-11-19-3-5-20(6-4-19)29-22-12-15-31(16-13-22)26(34)35/h3-10,22-23,27,29,32H,2,11-18H2,1H3,(H,34,35)(H2,28,30,33)/t23-/m0/s1. The maximum Gasteiger partial charge on any atom is 0.407 e. The number of urea groups is 1. The summed E-state index contributed by atoms with van der Waals surface area (Å²) in [5.74, 6) is 0.622. The van der Waals surface area contributed by atoms with Crippen LogP contribution in [0, 0.1) is 0 Å². The summed E-state index contributed by atoms with van der Waals surface area (Å²) in [7, 11) is 0. The second-order valence-electron chi connectivity index (χ2n) is 8.81. The highest BCUT2D eigenvalue weighted by molar-refractivity contribution is 5.89. The fourth-order valence-electron chi connectivity index (χ4n) is 3.94. The SMILES string of the molecule is CCNC(=O)Nc1ccc(OC[C@@H](O)CNCCc2ccc(NC3CCN(C(=O)O)CC3)cc2)cc1. The fraction of sp³-hybridized carbons (Fsp3) is 0.462. The molecule has 1 fully saturated rings. The number of carbonyl (C=O) groups is 2. The van der Waals surface area contributed by atoms with Crippen LogP contribution in [0.2, 0.25) is 0 Å². The van der Waals surface area contributed by atoms with Crippen LogP contribution in [0.1, 0.15) is 25.3 Å². The van der Waals surface area contributed by atoms with Crippen LogP contribution in [0.4, 0.5) is 21.0 Å². The number of carbonyl (C=O) groups excluding carboxylic acids is 1. The van der Waals surface area contributed by atoms with Gasteiger partial charge in [-0.05, 0) is 74.7 Å². The molecule has 0 radical (unpaired) electrons. The summed E-state index contributed by atoms with van der Waals surface area (Å²) in [6, 6.07) is 15.3. The molecule has 0 aliphatic carbocycles. The number of rotatable bonds is 12. The zero-order valence-corrected chi connectivity index (χ0v) is 20.7. The maximum absolute atomic E-state index is 11.5. The smallest absolute Gasteiger partial charge is 0.407 e. The number of aliphatic hydroxyl groups excluding tert-OH is 1. The normalized spacial score (nSPS) is 14.7. The molecule has 3 amide bonds. The van der Waals surface area contributed by atoms with Crippen molar-refractivity contribution >= 4 is 23.5 Å². The van der Waals surface area contributed by atoms with Gasteiger partial charge in [0.2, 0.25) is 0 Å². The average molecular weight is 500 g/mol. The molecular weight excluding hydrogens is 462 g/mol. The molecule has 1 atom stereocenters. The zero-order chi connectivity index (χ0) is 25.8. The van der Waals surface area contributed by atoms with Crippen molar-refractivity contribution in [3.8, 4) is 5.75 Å². The molecule has 10 nitrogen and oxygen atoms in total. The number of ether oxygens (including phenoxy) is 1. The largest absolute Gasteiger partial charge is 0.491 e. The number of hydrogen-bond donors (Lipinski definition) is 6. The number of nitrogens with zero attached hydrogens (tertiary/aromatic N) is 1. The van der Waals surface area contributed by atoms with Gasteiger partial charge >= 0.3 is 12.1 Å². The number of piperidine rings is 1. The molecule has 0 bridgehead atoms. The van der Waals surface area contributed by atoms with Gasteiger partial charge in [0.15, 0.2) is 0 Å². The predicted molar refractivity (Wildman–Crippen MR) is 140 cm³/mol. The van der Waals surface area contributed by atoms with E-state index in [0.717, 1.165) is 31.5 Å².